The molecule has 0 atom stereocenters. The average Bonchev–Trinajstić information content (AvgIpc) is 2.68. The number of nitrogens with zero attached hydrogens (tertiary/aromatic N) is 3. The highest BCUT2D eigenvalue weighted by Gasteiger charge is 2.23. The summed E-state index contributed by atoms with van der Waals surface area (Å²) in [6.45, 7) is 10.7. The monoisotopic (exact) mass is 519 g/mol. The van der Waals surface area contributed by atoms with Crippen LogP contribution in [0.2, 0.25) is 0 Å². The number of aliphatic imine (C=N–C) groups is 1. The standard InChI is InChI=1S/C21H37N5O2.HI/c1-5-11-23-21(22-6-2)24-12-9-7-8-10-19(27)25-13-15-26(16-14-25)20(28)17-18(3)4;/h1,18H,6-17H2,2-4H3,(H2,22,23,24);1H. The largest absolute Gasteiger partial charge is 0.357 e. The molecule has 1 aliphatic rings. The number of amides is 2. The maximum absolute atomic E-state index is 12.4. The maximum Gasteiger partial charge on any atom is 0.222 e. The molecule has 1 rings (SSSR count). The number of halogens is 1. The third-order valence-electron chi connectivity index (χ3n) is 4.59. The number of guanidine groups is 1. The van der Waals surface area contributed by atoms with Gasteiger partial charge >= 0.3 is 0 Å². The molecule has 29 heavy (non-hydrogen) atoms. The van der Waals surface area contributed by atoms with E-state index in [2.05, 4.69) is 35.4 Å². The van der Waals surface area contributed by atoms with Gasteiger partial charge in [0.15, 0.2) is 5.96 Å². The molecule has 1 saturated heterocycles. The van der Waals surface area contributed by atoms with Gasteiger partial charge in [-0.15, -0.1) is 30.4 Å². The SMILES string of the molecule is C#CCNC(=NCCCCCC(=O)N1CCN(C(=O)CC(C)C)CC1)NCC.I. The normalized spacial score (nSPS) is 14.2. The Hall–Kier alpha value is -1.50. The van der Waals surface area contributed by atoms with E-state index >= 15 is 0 Å². The molecule has 0 aromatic heterocycles. The van der Waals surface area contributed by atoms with Crippen molar-refractivity contribution in [3.05, 3.63) is 0 Å². The molecule has 0 saturated carbocycles. The lowest BCUT2D eigenvalue weighted by molar-refractivity contribution is -0.140. The number of carbonyl (C=O) groups excluding carboxylic acids is 2. The van der Waals surface area contributed by atoms with E-state index < -0.39 is 0 Å². The Morgan fingerprint density at radius 3 is 2.21 bits per heavy atom. The van der Waals surface area contributed by atoms with Crippen molar-refractivity contribution < 1.29 is 9.59 Å². The minimum atomic E-state index is 0. The summed E-state index contributed by atoms with van der Waals surface area (Å²) in [6, 6.07) is 0. The Labute approximate surface area is 193 Å². The Morgan fingerprint density at radius 2 is 1.66 bits per heavy atom. The summed E-state index contributed by atoms with van der Waals surface area (Å²) in [5.41, 5.74) is 0. The van der Waals surface area contributed by atoms with Crippen molar-refractivity contribution in [2.75, 3.05) is 45.8 Å². The van der Waals surface area contributed by atoms with Crippen molar-refractivity contribution in [1.29, 1.82) is 0 Å². The first-order chi connectivity index (χ1) is 13.5. The molecule has 2 N–H and O–H groups in total. The fourth-order valence-electron chi connectivity index (χ4n) is 3.07. The first-order valence-electron chi connectivity index (χ1n) is 10.5. The zero-order valence-corrected chi connectivity index (χ0v) is 20.5. The van der Waals surface area contributed by atoms with Crippen molar-refractivity contribution in [1.82, 2.24) is 20.4 Å². The van der Waals surface area contributed by atoms with Gasteiger partial charge in [0, 0.05) is 52.1 Å². The van der Waals surface area contributed by atoms with Gasteiger partial charge in [-0.2, -0.15) is 0 Å². The number of carbonyl (C=O) groups is 2. The Morgan fingerprint density at radius 1 is 1.03 bits per heavy atom. The van der Waals surface area contributed by atoms with Gasteiger partial charge in [0.1, 0.15) is 0 Å². The lowest BCUT2D eigenvalue weighted by Gasteiger charge is -2.35. The lowest BCUT2D eigenvalue weighted by atomic mass is 10.1. The first-order valence-corrected chi connectivity index (χ1v) is 10.5. The zero-order valence-electron chi connectivity index (χ0n) is 18.2. The zero-order chi connectivity index (χ0) is 20.8. The topological polar surface area (TPSA) is 77.0 Å². The van der Waals surface area contributed by atoms with Gasteiger partial charge in [-0.25, -0.2) is 0 Å². The highest BCUT2D eigenvalue weighted by Crippen LogP contribution is 2.10. The first kappa shape index (κ1) is 27.5. The van der Waals surface area contributed by atoms with E-state index in [9.17, 15) is 9.59 Å². The second-order valence-corrected chi connectivity index (χ2v) is 7.49. The molecule has 1 fully saturated rings. The van der Waals surface area contributed by atoms with Gasteiger partial charge < -0.3 is 20.4 Å². The van der Waals surface area contributed by atoms with Crippen molar-refractivity contribution >= 4 is 41.8 Å². The molecule has 0 aromatic carbocycles. The fourth-order valence-corrected chi connectivity index (χ4v) is 3.07. The molecule has 0 radical (unpaired) electrons. The molecule has 0 bridgehead atoms. The summed E-state index contributed by atoms with van der Waals surface area (Å²) in [7, 11) is 0. The third kappa shape index (κ3) is 11.9. The smallest absolute Gasteiger partial charge is 0.222 e. The van der Waals surface area contributed by atoms with Crippen molar-refractivity contribution in [3.8, 4) is 12.3 Å². The molecule has 1 heterocycles. The molecule has 0 spiro atoms. The number of terminal acetylenes is 1. The van der Waals surface area contributed by atoms with Crippen LogP contribution in [-0.2, 0) is 9.59 Å². The van der Waals surface area contributed by atoms with Crippen LogP contribution < -0.4 is 10.6 Å². The van der Waals surface area contributed by atoms with E-state index in [4.69, 9.17) is 6.42 Å². The fraction of sp³-hybridized carbons (Fsp3) is 0.762. The second-order valence-electron chi connectivity index (χ2n) is 7.49. The molecular weight excluding hydrogens is 481 g/mol. The van der Waals surface area contributed by atoms with Crippen LogP contribution in [-0.4, -0.2) is 73.4 Å². The summed E-state index contributed by atoms with van der Waals surface area (Å²) >= 11 is 0. The molecule has 7 nitrogen and oxygen atoms in total. The second kappa shape index (κ2) is 16.3. The minimum Gasteiger partial charge on any atom is -0.357 e. The number of piperazine rings is 1. The number of hydrogen-bond donors (Lipinski definition) is 2. The molecule has 8 heteroatoms. The van der Waals surface area contributed by atoms with Gasteiger partial charge in [0.25, 0.3) is 0 Å². The van der Waals surface area contributed by atoms with Gasteiger partial charge in [-0.1, -0.05) is 26.2 Å². The third-order valence-corrected chi connectivity index (χ3v) is 4.59. The van der Waals surface area contributed by atoms with Gasteiger partial charge in [-0.05, 0) is 25.7 Å². The van der Waals surface area contributed by atoms with E-state index in [1.54, 1.807) is 0 Å². The highest BCUT2D eigenvalue weighted by molar-refractivity contribution is 14.0. The summed E-state index contributed by atoms with van der Waals surface area (Å²) in [6.07, 6.45) is 9.18. The number of unbranched alkanes of at least 4 members (excludes halogenated alkanes) is 2. The summed E-state index contributed by atoms with van der Waals surface area (Å²) in [4.78, 5) is 32.7. The van der Waals surface area contributed by atoms with Crippen LogP contribution in [0.1, 0.15) is 52.9 Å². The summed E-state index contributed by atoms with van der Waals surface area (Å²) in [5, 5.41) is 6.20. The number of rotatable bonds is 10. The van der Waals surface area contributed by atoms with Crippen LogP contribution in [0.4, 0.5) is 0 Å². The Bertz CT molecular complexity index is 552. The summed E-state index contributed by atoms with van der Waals surface area (Å²) in [5.74, 6) is 4.05. The molecule has 2 amide bonds. The van der Waals surface area contributed by atoms with Crippen molar-refractivity contribution in [3.63, 3.8) is 0 Å². The average molecular weight is 519 g/mol. The predicted octanol–water partition coefficient (Wildman–Crippen LogP) is 2.07. The quantitative estimate of drug-likeness (QED) is 0.152. The van der Waals surface area contributed by atoms with E-state index in [-0.39, 0.29) is 35.8 Å². The van der Waals surface area contributed by atoms with Crippen LogP contribution >= 0.6 is 24.0 Å². The van der Waals surface area contributed by atoms with E-state index in [1.807, 2.05) is 16.7 Å². The van der Waals surface area contributed by atoms with E-state index in [0.29, 0.717) is 58.0 Å². The maximum atomic E-state index is 12.4. The molecule has 166 valence electrons. The lowest BCUT2D eigenvalue weighted by Crippen LogP contribution is -2.50. The molecule has 0 aromatic rings. The van der Waals surface area contributed by atoms with E-state index in [1.165, 1.54) is 0 Å². The molecule has 0 unspecified atom stereocenters. The van der Waals surface area contributed by atoms with Gasteiger partial charge in [0.05, 0.1) is 6.54 Å². The minimum absolute atomic E-state index is 0. The van der Waals surface area contributed by atoms with Crippen LogP contribution in [0.3, 0.4) is 0 Å². The van der Waals surface area contributed by atoms with Crippen molar-refractivity contribution in [2.45, 2.75) is 52.9 Å². The predicted molar refractivity (Wildman–Crippen MR) is 129 cm³/mol. The Balaban J connectivity index is 0.00000784. The van der Waals surface area contributed by atoms with Crippen LogP contribution in [0.5, 0.6) is 0 Å². The highest BCUT2D eigenvalue weighted by atomic mass is 127. The van der Waals surface area contributed by atoms with Gasteiger partial charge in [0.2, 0.25) is 11.8 Å². The van der Waals surface area contributed by atoms with Gasteiger partial charge in [-0.3, -0.25) is 14.6 Å². The molecule has 1 aliphatic heterocycles. The van der Waals surface area contributed by atoms with Crippen LogP contribution in [0.25, 0.3) is 0 Å². The molecule has 0 aliphatic carbocycles. The van der Waals surface area contributed by atoms with E-state index in [0.717, 1.165) is 31.8 Å². The number of hydrogen-bond acceptors (Lipinski definition) is 3. The number of nitrogens with one attached hydrogen (secondary N) is 2. The Kier molecular flexibility index (Phi) is 15.5. The van der Waals surface area contributed by atoms with Crippen LogP contribution in [0.15, 0.2) is 4.99 Å². The van der Waals surface area contributed by atoms with Crippen LogP contribution in [0, 0.1) is 18.3 Å². The molecular formula is C21H38IN5O2. The summed E-state index contributed by atoms with van der Waals surface area (Å²) < 4.78 is 0. The van der Waals surface area contributed by atoms with Crippen molar-refractivity contribution in [2.24, 2.45) is 10.9 Å².